The maximum absolute atomic E-state index is 13.0. The number of aliphatic hydroxyl groups excluding tert-OH is 5. The molecular formula is C49H88O17P2. The molecule has 1 fully saturated rings. The predicted molar refractivity (Wildman–Crippen MR) is 261 cm³/mol. The van der Waals surface area contributed by atoms with E-state index >= 15 is 0 Å². The van der Waals surface area contributed by atoms with E-state index in [-0.39, 0.29) is 18.9 Å². The molecule has 1 saturated carbocycles. The zero-order valence-electron chi connectivity index (χ0n) is 40.9. The summed E-state index contributed by atoms with van der Waals surface area (Å²) in [4.78, 5) is 54.3. The number of hydrogen-bond donors (Lipinski definition) is 8. The smallest absolute Gasteiger partial charge is 0.462 e. The molecule has 0 heterocycles. The molecule has 0 aromatic heterocycles. The number of carbonyl (C=O) groups is 2. The van der Waals surface area contributed by atoms with Gasteiger partial charge in [-0.3, -0.25) is 23.2 Å². The van der Waals surface area contributed by atoms with Crippen molar-refractivity contribution < 1.29 is 82.0 Å². The van der Waals surface area contributed by atoms with Crippen molar-refractivity contribution >= 4 is 27.6 Å². The third kappa shape index (κ3) is 33.5. The molecule has 19 heteroatoms. The van der Waals surface area contributed by atoms with Crippen molar-refractivity contribution in [3.8, 4) is 0 Å². The number of unbranched alkanes of at least 4 members (excludes halogenated alkanes) is 17. The highest BCUT2D eigenvalue weighted by Crippen LogP contribution is 2.49. The van der Waals surface area contributed by atoms with E-state index in [0.717, 1.165) is 57.8 Å². The SMILES string of the molecule is CCCCCCCCCCCCCCCCCCCC(=O)O[C@H](COC(=O)CCC/C=C\C/C=C\C/C=C\C/C=C\CC(O)CCC)COP(=O)(O)O[C@H]1C(O)C(O)C(O)[C@@H](OP(=O)(O)O)C1O. The van der Waals surface area contributed by atoms with Crippen molar-refractivity contribution in [2.24, 2.45) is 0 Å². The van der Waals surface area contributed by atoms with Crippen molar-refractivity contribution in [3.05, 3.63) is 48.6 Å². The van der Waals surface area contributed by atoms with Gasteiger partial charge in [-0.2, -0.15) is 0 Å². The van der Waals surface area contributed by atoms with Gasteiger partial charge in [0.05, 0.1) is 12.7 Å². The highest BCUT2D eigenvalue weighted by molar-refractivity contribution is 7.47. The molecular weight excluding hydrogens is 922 g/mol. The molecule has 8 N–H and O–H groups in total. The lowest BCUT2D eigenvalue weighted by Gasteiger charge is -2.43. The Morgan fingerprint density at radius 3 is 1.49 bits per heavy atom. The number of aliphatic hydroxyl groups is 5. The second-order valence-corrected chi connectivity index (χ2v) is 20.3. The van der Waals surface area contributed by atoms with Crippen LogP contribution in [-0.4, -0.2) is 114 Å². The van der Waals surface area contributed by atoms with E-state index in [1.54, 1.807) is 0 Å². The van der Waals surface area contributed by atoms with Gasteiger partial charge in [0, 0.05) is 12.8 Å². The van der Waals surface area contributed by atoms with Crippen molar-refractivity contribution in [2.75, 3.05) is 13.2 Å². The van der Waals surface area contributed by atoms with Gasteiger partial charge in [0.2, 0.25) is 0 Å². The third-order valence-electron chi connectivity index (χ3n) is 11.5. The fourth-order valence-electron chi connectivity index (χ4n) is 7.56. The van der Waals surface area contributed by atoms with E-state index in [0.29, 0.717) is 25.7 Å². The monoisotopic (exact) mass is 1010 g/mol. The summed E-state index contributed by atoms with van der Waals surface area (Å²) in [6.45, 7) is 2.88. The Kier molecular flexibility index (Phi) is 37.2. The predicted octanol–water partition coefficient (Wildman–Crippen LogP) is 9.04. The Morgan fingerprint density at radius 1 is 0.529 bits per heavy atom. The van der Waals surface area contributed by atoms with Gasteiger partial charge in [0.1, 0.15) is 43.2 Å². The molecule has 6 unspecified atom stereocenters. The first-order valence-electron chi connectivity index (χ1n) is 25.3. The van der Waals surface area contributed by atoms with Crippen molar-refractivity contribution in [3.63, 3.8) is 0 Å². The van der Waals surface area contributed by atoms with Gasteiger partial charge < -0.3 is 49.7 Å². The van der Waals surface area contributed by atoms with Crippen LogP contribution in [0.3, 0.4) is 0 Å². The number of allylic oxidation sites excluding steroid dienone is 7. The molecule has 17 nitrogen and oxygen atoms in total. The van der Waals surface area contributed by atoms with E-state index in [4.69, 9.17) is 18.5 Å². The maximum Gasteiger partial charge on any atom is 0.472 e. The lowest BCUT2D eigenvalue weighted by Crippen LogP contribution is -2.64. The molecule has 1 rings (SSSR count). The van der Waals surface area contributed by atoms with Crippen LogP contribution in [0.5, 0.6) is 0 Å². The quantitative estimate of drug-likeness (QED) is 0.0123. The van der Waals surface area contributed by atoms with Gasteiger partial charge in [-0.15, -0.1) is 0 Å². The number of carbonyl (C=O) groups excluding carboxylic acids is 2. The topological polar surface area (TPSA) is 276 Å². The van der Waals surface area contributed by atoms with Crippen LogP contribution < -0.4 is 0 Å². The molecule has 9 atom stereocenters. The Hall–Kier alpha value is -2.08. The summed E-state index contributed by atoms with van der Waals surface area (Å²) in [5.41, 5.74) is 0. The maximum atomic E-state index is 13.0. The van der Waals surface area contributed by atoms with Crippen LogP contribution in [0.2, 0.25) is 0 Å². The standard InChI is InChI=1S/C49H88O17P2/c1-3-5-6-7-8-9-10-11-12-13-14-17-21-24-27-30-33-37-43(52)64-41(39-63-68(60,61)66-49-46(55)44(53)45(54)48(47(49)56)65-67(57,58)59)38-62-42(51)36-32-29-26-23-20-18-15-16-19-22-25-28-31-35-40(50)34-4-2/h15,18-19,22-23,26,28,31,40-41,44-50,53-56H,3-14,16-17,20-21,24-25,27,29-30,32-39H2,1-2H3,(H,60,61)(H2,57,58,59)/b18-15-,22-19-,26-23-,31-28-/t40?,41-,44?,45?,46?,47?,48-,49+/m1/s1. The number of esters is 2. The number of rotatable bonds is 42. The minimum atomic E-state index is -5.38. The molecule has 0 amide bonds. The van der Waals surface area contributed by atoms with Gasteiger partial charge in [0.15, 0.2) is 6.10 Å². The second kappa shape index (κ2) is 39.5. The van der Waals surface area contributed by atoms with E-state index in [1.165, 1.54) is 77.0 Å². The molecule has 0 aromatic rings. The van der Waals surface area contributed by atoms with Crippen LogP contribution in [0, 0.1) is 0 Å². The van der Waals surface area contributed by atoms with E-state index in [1.807, 2.05) is 37.3 Å². The van der Waals surface area contributed by atoms with Gasteiger partial charge in [0.25, 0.3) is 0 Å². The first-order chi connectivity index (χ1) is 32.5. The Balaban J connectivity index is 2.60. The van der Waals surface area contributed by atoms with Gasteiger partial charge in [-0.1, -0.05) is 172 Å². The molecule has 396 valence electrons. The summed E-state index contributed by atoms with van der Waals surface area (Å²) in [7, 11) is -10.7. The minimum absolute atomic E-state index is 0.0273. The Bertz CT molecular complexity index is 1520. The molecule has 1 aliphatic rings. The minimum Gasteiger partial charge on any atom is -0.462 e. The highest BCUT2D eigenvalue weighted by Gasteiger charge is 2.54. The lowest BCUT2D eigenvalue weighted by atomic mass is 9.85. The fourth-order valence-corrected chi connectivity index (χ4v) is 9.10. The van der Waals surface area contributed by atoms with Crippen LogP contribution in [0.4, 0.5) is 0 Å². The normalized spacial score (nSPS) is 22.1. The molecule has 0 aliphatic heterocycles. The van der Waals surface area contributed by atoms with Crippen molar-refractivity contribution in [1.29, 1.82) is 0 Å². The van der Waals surface area contributed by atoms with Crippen molar-refractivity contribution in [1.82, 2.24) is 0 Å². The molecule has 0 saturated heterocycles. The number of ether oxygens (including phenoxy) is 2. The van der Waals surface area contributed by atoms with Crippen molar-refractivity contribution in [2.45, 2.75) is 236 Å². The average Bonchev–Trinajstić information content (AvgIpc) is 3.29. The Labute approximate surface area is 406 Å². The van der Waals surface area contributed by atoms with E-state index in [2.05, 4.69) is 29.7 Å². The lowest BCUT2D eigenvalue weighted by molar-refractivity contribution is -0.216. The summed E-state index contributed by atoms with van der Waals surface area (Å²) in [6, 6.07) is 0. The molecule has 0 radical (unpaired) electrons. The second-order valence-electron chi connectivity index (χ2n) is 17.7. The van der Waals surface area contributed by atoms with Crippen LogP contribution >= 0.6 is 15.6 Å². The van der Waals surface area contributed by atoms with Crippen LogP contribution in [-0.2, 0) is 41.8 Å². The third-order valence-corrected chi connectivity index (χ3v) is 13.0. The Morgan fingerprint density at radius 2 is 0.985 bits per heavy atom. The summed E-state index contributed by atoms with van der Waals surface area (Å²) in [6.07, 6.45) is 27.0. The summed E-state index contributed by atoms with van der Waals surface area (Å²) >= 11 is 0. The zero-order valence-corrected chi connectivity index (χ0v) is 42.7. The molecule has 0 aromatic carbocycles. The largest absolute Gasteiger partial charge is 0.472 e. The highest BCUT2D eigenvalue weighted by atomic mass is 31.2. The van der Waals surface area contributed by atoms with E-state index in [9.17, 15) is 58.9 Å². The zero-order chi connectivity index (χ0) is 50.5. The molecule has 0 bridgehead atoms. The average molecular weight is 1010 g/mol. The summed E-state index contributed by atoms with van der Waals surface area (Å²) in [5.74, 6) is -1.29. The molecule has 68 heavy (non-hydrogen) atoms. The van der Waals surface area contributed by atoms with Gasteiger partial charge in [-0.05, 0) is 51.4 Å². The van der Waals surface area contributed by atoms with Gasteiger partial charge >= 0.3 is 27.6 Å². The van der Waals surface area contributed by atoms with Crippen LogP contribution in [0.1, 0.15) is 187 Å². The molecule has 1 aliphatic carbocycles. The van der Waals surface area contributed by atoms with Crippen LogP contribution in [0.25, 0.3) is 0 Å². The van der Waals surface area contributed by atoms with E-state index < -0.39 is 83.5 Å². The molecule has 0 spiro atoms. The first kappa shape index (κ1) is 63.9. The van der Waals surface area contributed by atoms with Crippen LogP contribution in [0.15, 0.2) is 48.6 Å². The number of phosphoric acid groups is 2. The summed E-state index contributed by atoms with van der Waals surface area (Å²) < 4.78 is 49.4. The van der Waals surface area contributed by atoms with Gasteiger partial charge in [-0.25, -0.2) is 9.13 Å². The fraction of sp³-hybridized carbons (Fsp3) is 0.796. The number of phosphoric ester groups is 2. The summed E-state index contributed by atoms with van der Waals surface area (Å²) in [5, 5.41) is 51.0. The number of hydrogen-bond acceptors (Lipinski definition) is 14. The first-order valence-corrected chi connectivity index (χ1v) is 28.3.